The molecule has 0 saturated carbocycles. The lowest BCUT2D eigenvalue weighted by Gasteiger charge is -2.22. The fourth-order valence-corrected chi connectivity index (χ4v) is 4.20. The molecular weight excluding hydrogens is 405 g/mol. The van der Waals surface area contributed by atoms with Crippen molar-refractivity contribution in [2.75, 3.05) is 24.4 Å². The highest BCUT2D eigenvalue weighted by atomic mass is 35.5. The molecule has 0 spiro atoms. The summed E-state index contributed by atoms with van der Waals surface area (Å²) in [6.45, 7) is 3.63. The van der Waals surface area contributed by atoms with Gasteiger partial charge in [-0.15, -0.1) is 12.4 Å². The number of halogens is 2. The van der Waals surface area contributed by atoms with Gasteiger partial charge in [-0.25, -0.2) is 12.8 Å². The molecule has 3 rings (SSSR count). The van der Waals surface area contributed by atoms with Crippen LogP contribution in [0.4, 0.5) is 10.1 Å². The number of nitrogens with one attached hydrogen (secondary N) is 1. The van der Waals surface area contributed by atoms with E-state index in [0.29, 0.717) is 19.6 Å². The Labute approximate surface area is 170 Å². The maximum absolute atomic E-state index is 13.8. The molecule has 1 aliphatic heterocycles. The fourth-order valence-electron chi connectivity index (χ4n) is 3.09. The maximum atomic E-state index is 13.8. The highest BCUT2D eigenvalue weighted by Crippen LogP contribution is 2.30. The number of nitrogens with two attached hydrogens (primary N) is 1. The van der Waals surface area contributed by atoms with Crippen molar-refractivity contribution in [3.63, 3.8) is 0 Å². The molecule has 28 heavy (non-hydrogen) atoms. The van der Waals surface area contributed by atoms with Gasteiger partial charge in [0.1, 0.15) is 5.82 Å². The molecule has 0 aliphatic carbocycles. The van der Waals surface area contributed by atoms with Gasteiger partial charge in [-0.2, -0.15) is 0 Å². The molecule has 3 N–H and O–H groups in total. The Hall–Kier alpha value is -2.16. The van der Waals surface area contributed by atoms with E-state index >= 15 is 0 Å². The number of para-hydroxylation sites is 1. The topological polar surface area (TPSA) is 92.5 Å². The van der Waals surface area contributed by atoms with Crippen molar-refractivity contribution >= 4 is 34.0 Å². The first-order valence-corrected chi connectivity index (χ1v) is 10.1. The molecule has 1 saturated heterocycles. The molecule has 1 amide bonds. The number of sulfonamides is 1. The number of amides is 1. The summed E-state index contributed by atoms with van der Waals surface area (Å²) in [5, 5.41) is 0. The third kappa shape index (κ3) is 4.63. The standard InChI is InChI=1S/C19H22FN3O3S.ClH/c1-19(12-21)9-10-23(13-19)18(24)14-5-4-6-15(11-14)27(25,26)22-17-8-3-2-7-16(17)20;/h2-8,11,22H,9-10,12-13,21H2,1H3;1H. The lowest BCUT2D eigenvalue weighted by molar-refractivity contribution is 0.0776. The van der Waals surface area contributed by atoms with Crippen LogP contribution in [0.2, 0.25) is 0 Å². The van der Waals surface area contributed by atoms with E-state index in [1.807, 2.05) is 6.92 Å². The highest BCUT2D eigenvalue weighted by Gasteiger charge is 2.35. The first kappa shape index (κ1) is 22.1. The van der Waals surface area contributed by atoms with Crippen molar-refractivity contribution in [3.05, 3.63) is 59.9 Å². The predicted molar refractivity (Wildman–Crippen MR) is 109 cm³/mol. The first-order chi connectivity index (χ1) is 12.7. The summed E-state index contributed by atoms with van der Waals surface area (Å²) in [7, 11) is -4.02. The minimum atomic E-state index is -4.02. The van der Waals surface area contributed by atoms with Crippen LogP contribution in [0, 0.1) is 11.2 Å². The van der Waals surface area contributed by atoms with Crippen LogP contribution in [0.1, 0.15) is 23.7 Å². The fraction of sp³-hybridized carbons (Fsp3) is 0.316. The van der Waals surface area contributed by atoms with Gasteiger partial charge in [0.05, 0.1) is 10.6 Å². The predicted octanol–water partition coefficient (Wildman–Crippen LogP) is 2.86. The zero-order chi connectivity index (χ0) is 19.7. The molecule has 1 heterocycles. The van der Waals surface area contributed by atoms with Crippen molar-refractivity contribution in [2.45, 2.75) is 18.2 Å². The largest absolute Gasteiger partial charge is 0.338 e. The molecule has 6 nitrogen and oxygen atoms in total. The first-order valence-electron chi connectivity index (χ1n) is 8.61. The Balaban J connectivity index is 0.00000280. The minimum absolute atomic E-state index is 0. The van der Waals surface area contributed by atoms with E-state index in [-0.39, 0.29) is 39.9 Å². The number of nitrogens with zero attached hydrogens (tertiary/aromatic N) is 1. The Kier molecular flexibility index (Phi) is 6.69. The number of rotatable bonds is 5. The van der Waals surface area contributed by atoms with E-state index in [1.54, 1.807) is 11.0 Å². The maximum Gasteiger partial charge on any atom is 0.262 e. The van der Waals surface area contributed by atoms with Crippen LogP contribution in [-0.4, -0.2) is 38.9 Å². The van der Waals surface area contributed by atoms with Gasteiger partial charge in [0.25, 0.3) is 15.9 Å². The third-order valence-corrected chi connectivity index (χ3v) is 6.21. The van der Waals surface area contributed by atoms with Crippen molar-refractivity contribution < 1.29 is 17.6 Å². The zero-order valence-electron chi connectivity index (χ0n) is 15.4. The third-order valence-electron chi connectivity index (χ3n) is 4.85. The molecule has 1 atom stereocenters. The van der Waals surface area contributed by atoms with Crippen LogP contribution in [0.15, 0.2) is 53.4 Å². The van der Waals surface area contributed by atoms with E-state index in [0.717, 1.165) is 6.42 Å². The van der Waals surface area contributed by atoms with Gasteiger partial charge < -0.3 is 10.6 Å². The second-order valence-corrected chi connectivity index (χ2v) is 8.79. The molecule has 2 aromatic carbocycles. The quantitative estimate of drug-likeness (QED) is 0.767. The summed E-state index contributed by atoms with van der Waals surface area (Å²) in [6.07, 6.45) is 0.808. The van der Waals surface area contributed by atoms with Crippen molar-refractivity contribution in [3.8, 4) is 0 Å². The number of hydrogen-bond acceptors (Lipinski definition) is 4. The smallest absolute Gasteiger partial charge is 0.262 e. The van der Waals surface area contributed by atoms with Gasteiger partial charge in [-0.1, -0.05) is 25.1 Å². The molecule has 1 fully saturated rings. The second kappa shape index (κ2) is 8.46. The molecule has 0 radical (unpaired) electrons. The van der Waals surface area contributed by atoms with Crippen LogP contribution >= 0.6 is 12.4 Å². The average Bonchev–Trinajstić information content (AvgIpc) is 3.06. The number of anilines is 1. The summed E-state index contributed by atoms with van der Waals surface area (Å²) >= 11 is 0. The van der Waals surface area contributed by atoms with Gasteiger partial charge in [-0.3, -0.25) is 9.52 Å². The average molecular weight is 428 g/mol. The number of benzene rings is 2. The molecule has 1 aliphatic rings. The van der Waals surface area contributed by atoms with Crippen LogP contribution in [0.5, 0.6) is 0 Å². The molecule has 152 valence electrons. The van der Waals surface area contributed by atoms with Gasteiger partial charge >= 0.3 is 0 Å². The number of hydrogen-bond donors (Lipinski definition) is 2. The Morgan fingerprint density at radius 2 is 1.96 bits per heavy atom. The monoisotopic (exact) mass is 427 g/mol. The second-order valence-electron chi connectivity index (χ2n) is 7.10. The van der Waals surface area contributed by atoms with Gasteiger partial charge in [0.2, 0.25) is 0 Å². The molecule has 0 bridgehead atoms. The Bertz CT molecular complexity index is 970. The van der Waals surface area contributed by atoms with Gasteiger partial charge in [-0.05, 0) is 48.7 Å². The Morgan fingerprint density at radius 3 is 2.61 bits per heavy atom. The minimum Gasteiger partial charge on any atom is -0.338 e. The van der Waals surface area contributed by atoms with Crippen molar-refractivity contribution in [1.29, 1.82) is 0 Å². The normalized spacial score (nSPS) is 19.2. The lowest BCUT2D eigenvalue weighted by Crippen LogP contribution is -2.34. The summed E-state index contributed by atoms with van der Waals surface area (Å²) in [6, 6.07) is 11.3. The van der Waals surface area contributed by atoms with Gasteiger partial charge in [0.15, 0.2) is 0 Å². The van der Waals surface area contributed by atoms with Crippen LogP contribution in [0.3, 0.4) is 0 Å². The summed E-state index contributed by atoms with van der Waals surface area (Å²) in [5.41, 5.74) is 5.79. The number of likely N-dealkylation sites (tertiary alicyclic amines) is 1. The summed E-state index contributed by atoms with van der Waals surface area (Å²) < 4.78 is 41.1. The zero-order valence-corrected chi connectivity index (χ0v) is 17.0. The lowest BCUT2D eigenvalue weighted by atomic mass is 9.90. The van der Waals surface area contributed by atoms with Crippen LogP contribution in [-0.2, 0) is 10.0 Å². The van der Waals surface area contributed by atoms with Crippen molar-refractivity contribution in [1.82, 2.24) is 4.90 Å². The molecule has 2 aromatic rings. The van der Waals surface area contributed by atoms with E-state index in [9.17, 15) is 17.6 Å². The summed E-state index contributed by atoms with van der Waals surface area (Å²) in [5.74, 6) is -0.915. The van der Waals surface area contributed by atoms with E-state index in [4.69, 9.17) is 5.73 Å². The molecule has 1 unspecified atom stereocenters. The Morgan fingerprint density at radius 1 is 1.25 bits per heavy atom. The van der Waals surface area contributed by atoms with Crippen LogP contribution < -0.4 is 10.5 Å². The van der Waals surface area contributed by atoms with Crippen molar-refractivity contribution in [2.24, 2.45) is 11.1 Å². The van der Waals surface area contributed by atoms with Gasteiger partial charge in [0, 0.05) is 18.7 Å². The number of carbonyl (C=O) groups is 1. The summed E-state index contributed by atoms with van der Waals surface area (Å²) in [4.78, 5) is 14.3. The molecule has 9 heteroatoms. The SMILES string of the molecule is CC1(CN)CCN(C(=O)c2cccc(S(=O)(=O)Nc3ccccc3F)c2)C1.Cl. The van der Waals surface area contributed by atoms with E-state index in [1.165, 1.54) is 42.5 Å². The molecular formula is C19H23ClFN3O3S. The highest BCUT2D eigenvalue weighted by molar-refractivity contribution is 7.92. The van der Waals surface area contributed by atoms with E-state index in [2.05, 4.69) is 4.72 Å². The van der Waals surface area contributed by atoms with Crippen LogP contribution in [0.25, 0.3) is 0 Å². The number of carbonyl (C=O) groups excluding carboxylic acids is 1. The van der Waals surface area contributed by atoms with E-state index < -0.39 is 15.8 Å². The molecule has 0 aromatic heterocycles.